The van der Waals surface area contributed by atoms with Gasteiger partial charge in [0.25, 0.3) is 5.91 Å². The van der Waals surface area contributed by atoms with Crippen molar-refractivity contribution in [2.45, 2.75) is 19.6 Å². The average Bonchev–Trinajstić information content (AvgIpc) is 3.20. The maximum absolute atomic E-state index is 12.9. The fourth-order valence-electron chi connectivity index (χ4n) is 2.63. The zero-order chi connectivity index (χ0) is 20.1. The molecule has 1 amide bonds. The van der Waals surface area contributed by atoms with Crippen LogP contribution in [-0.2, 0) is 6.61 Å². The molecule has 6 nitrogen and oxygen atoms in total. The van der Waals surface area contributed by atoms with E-state index in [0.29, 0.717) is 5.75 Å². The second-order valence-corrected chi connectivity index (χ2v) is 6.24. The van der Waals surface area contributed by atoms with Crippen LogP contribution in [-0.4, -0.2) is 29.9 Å². The largest absolute Gasteiger partial charge is 0.497 e. The van der Waals surface area contributed by atoms with Gasteiger partial charge in [-0.1, -0.05) is 12.1 Å². The second kappa shape index (κ2) is 8.56. The number of amides is 1. The summed E-state index contributed by atoms with van der Waals surface area (Å²) in [6.45, 7) is 1.96. The van der Waals surface area contributed by atoms with Gasteiger partial charge in [-0.3, -0.25) is 4.79 Å². The lowest BCUT2D eigenvalue weighted by Gasteiger charge is -2.24. The number of carbonyl (C=O) groups is 1. The van der Waals surface area contributed by atoms with E-state index in [1.165, 1.54) is 30.5 Å². The molecule has 146 valence electrons. The number of benzene rings is 2. The predicted molar refractivity (Wildman–Crippen MR) is 101 cm³/mol. The molecule has 2 aromatic carbocycles. The molecule has 0 aliphatic carbocycles. The van der Waals surface area contributed by atoms with Gasteiger partial charge in [0, 0.05) is 7.05 Å². The first-order valence-corrected chi connectivity index (χ1v) is 8.72. The van der Waals surface area contributed by atoms with Crippen LogP contribution in [0.3, 0.4) is 0 Å². The Labute approximate surface area is 162 Å². The van der Waals surface area contributed by atoms with E-state index >= 15 is 0 Å². The van der Waals surface area contributed by atoms with Crippen molar-refractivity contribution in [3.8, 4) is 11.5 Å². The molecule has 0 bridgehead atoms. The van der Waals surface area contributed by atoms with Crippen LogP contribution < -0.4 is 9.47 Å². The Morgan fingerprint density at radius 1 is 1.21 bits per heavy atom. The summed E-state index contributed by atoms with van der Waals surface area (Å²) < 4.78 is 29.0. The van der Waals surface area contributed by atoms with Gasteiger partial charge < -0.3 is 18.8 Å². The van der Waals surface area contributed by atoms with Gasteiger partial charge in [0.15, 0.2) is 12.3 Å². The summed E-state index contributed by atoms with van der Waals surface area (Å²) in [5, 5.41) is 0. The van der Waals surface area contributed by atoms with Crippen LogP contribution in [0.25, 0.3) is 0 Å². The molecule has 3 aromatic rings. The molecule has 1 heterocycles. The summed E-state index contributed by atoms with van der Waals surface area (Å²) in [7, 11) is 3.30. The monoisotopic (exact) mass is 384 g/mol. The van der Waals surface area contributed by atoms with Crippen LogP contribution >= 0.6 is 0 Å². The van der Waals surface area contributed by atoms with E-state index in [2.05, 4.69) is 4.98 Å². The topological polar surface area (TPSA) is 64.8 Å². The van der Waals surface area contributed by atoms with Gasteiger partial charge in [0.2, 0.25) is 5.89 Å². The van der Waals surface area contributed by atoms with E-state index < -0.39 is 0 Å². The molecule has 0 radical (unpaired) electrons. The van der Waals surface area contributed by atoms with Crippen LogP contribution in [0.1, 0.15) is 34.9 Å². The van der Waals surface area contributed by atoms with Crippen molar-refractivity contribution < 1.29 is 23.1 Å². The van der Waals surface area contributed by atoms with E-state index in [1.807, 2.05) is 31.2 Å². The Morgan fingerprint density at radius 2 is 1.96 bits per heavy atom. The molecule has 0 N–H and O–H groups in total. The molecule has 0 saturated carbocycles. The number of carbonyl (C=O) groups excluding carboxylic acids is 1. The van der Waals surface area contributed by atoms with Gasteiger partial charge in [-0.25, -0.2) is 9.37 Å². The first-order valence-electron chi connectivity index (χ1n) is 8.72. The molecule has 28 heavy (non-hydrogen) atoms. The Kier molecular flexibility index (Phi) is 5.93. The summed E-state index contributed by atoms with van der Waals surface area (Å²) in [6.07, 6.45) is 1.31. The van der Waals surface area contributed by atoms with Gasteiger partial charge in [-0.2, -0.15) is 0 Å². The van der Waals surface area contributed by atoms with Crippen molar-refractivity contribution in [1.29, 1.82) is 0 Å². The quantitative estimate of drug-likeness (QED) is 0.610. The fraction of sp³-hybridized carbons (Fsp3) is 0.238. The number of methoxy groups -OCH3 is 1. The van der Waals surface area contributed by atoms with Crippen molar-refractivity contribution in [3.63, 3.8) is 0 Å². The molecule has 0 aliphatic heterocycles. The number of ether oxygens (including phenoxy) is 2. The van der Waals surface area contributed by atoms with Crippen LogP contribution in [0.5, 0.6) is 11.5 Å². The van der Waals surface area contributed by atoms with Crippen molar-refractivity contribution in [3.05, 3.63) is 77.8 Å². The Balaban J connectivity index is 1.64. The molecule has 0 saturated heterocycles. The summed E-state index contributed by atoms with van der Waals surface area (Å²) in [5.41, 5.74) is 1.13. The highest BCUT2D eigenvalue weighted by molar-refractivity contribution is 5.92. The summed E-state index contributed by atoms with van der Waals surface area (Å²) in [4.78, 5) is 18.5. The van der Waals surface area contributed by atoms with Gasteiger partial charge in [-0.05, 0) is 48.9 Å². The van der Waals surface area contributed by atoms with E-state index in [0.717, 1.165) is 11.3 Å². The van der Waals surface area contributed by atoms with Gasteiger partial charge in [0.1, 0.15) is 23.6 Å². The fourth-order valence-corrected chi connectivity index (χ4v) is 2.63. The highest BCUT2D eigenvalue weighted by Gasteiger charge is 2.22. The first-order chi connectivity index (χ1) is 13.5. The summed E-state index contributed by atoms with van der Waals surface area (Å²) in [6, 6.07) is 13.0. The molecule has 0 fully saturated rings. The molecular formula is C21H21FN2O4. The maximum atomic E-state index is 12.9. The van der Waals surface area contributed by atoms with Crippen LogP contribution in [0.2, 0.25) is 0 Å². The summed E-state index contributed by atoms with van der Waals surface area (Å²) in [5.74, 6) is 0.856. The maximum Gasteiger partial charge on any atom is 0.276 e. The molecule has 1 aromatic heterocycles. The number of hydrogen-bond acceptors (Lipinski definition) is 5. The third-order valence-electron chi connectivity index (χ3n) is 4.42. The van der Waals surface area contributed by atoms with Crippen LogP contribution in [0, 0.1) is 5.82 Å². The van der Waals surface area contributed by atoms with Crippen LogP contribution in [0.4, 0.5) is 4.39 Å². The number of halogens is 1. The molecule has 0 spiro atoms. The predicted octanol–water partition coefficient (Wildman–Crippen LogP) is 4.23. The minimum atomic E-state index is -0.343. The number of nitrogens with zero attached hydrogens (tertiary/aromatic N) is 2. The van der Waals surface area contributed by atoms with E-state index in [4.69, 9.17) is 13.9 Å². The van der Waals surface area contributed by atoms with Crippen molar-refractivity contribution >= 4 is 5.91 Å². The minimum Gasteiger partial charge on any atom is -0.497 e. The lowest BCUT2D eigenvalue weighted by atomic mass is 10.1. The zero-order valence-corrected chi connectivity index (χ0v) is 15.9. The SMILES string of the molecule is COc1cccc(C(C)N(C)C(=O)c2coc(COc3ccc(F)cc3)n2)c1. The minimum absolute atomic E-state index is 0.0358. The van der Waals surface area contributed by atoms with Crippen molar-refractivity contribution in [2.75, 3.05) is 14.2 Å². The average molecular weight is 384 g/mol. The van der Waals surface area contributed by atoms with Crippen molar-refractivity contribution in [1.82, 2.24) is 9.88 Å². The van der Waals surface area contributed by atoms with E-state index in [-0.39, 0.29) is 36.0 Å². The first kappa shape index (κ1) is 19.4. The molecule has 3 rings (SSSR count). The Morgan fingerprint density at radius 3 is 2.68 bits per heavy atom. The lowest BCUT2D eigenvalue weighted by molar-refractivity contribution is 0.0736. The zero-order valence-electron chi connectivity index (χ0n) is 15.9. The highest BCUT2D eigenvalue weighted by atomic mass is 19.1. The van der Waals surface area contributed by atoms with E-state index in [9.17, 15) is 9.18 Å². The standard InChI is InChI=1S/C21H21FN2O4/c1-14(15-5-4-6-18(11-15)26-3)24(2)21(25)19-12-28-20(23-19)13-27-17-9-7-16(22)8-10-17/h4-12,14H,13H2,1-3H3. The molecular weight excluding hydrogens is 363 g/mol. The van der Waals surface area contributed by atoms with Gasteiger partial charge in [-0.15, -0.1) is 0 Å². The van der Waals surface area contributed by atoms with E-state index in [1.54, 1.807) is 19.1 Å². The molecule has 0 aliphatic rings. The highest BCUT2D eigenvalue weighted by Crippen LogP contribution is 2.24. The Bertz CT molecular complexity index is 940. The lowest BCUT2D eigenvalue weighted by Crippen LogP contribution is -2.30. The molecule has 1 unspecified atom stereocenters. The summed E-state index contributed by atoms with van der Waals surface area (Å²) >= 11 is 0. The van der Waals surface area contributed by atoms with Gasteiger partial charge >= 0.3 is 0 Å². The third-order valence-corrected chi connectivity index (χ3v) is 4.42. The smallest absolute Gasteiger partial charge is 0.276 e. The number of oxazole rings is 1. The molecule has 1 atom stereocenters. The Hall–Kier alpha value is -3.35. The number of rotatable bonds is 7. The number of hydrogen-bond donors (Lipinski definition) is 0. The van der Waals surface area contributed by atoms with Crippen LogP contribution in [0.15, 0.2) is 59.2 Å². The normalized spacial score (nSPS) is 11.7. The second-order valence-electron chi connectivity index (χ2n) is 6.24. The number of aromatic nitrogens is 1. The molecule has 7 heteroatoms. The van der Waals surface area contributed by atoms with Gasteiger partial charge in [0.05, 0.1) is 13.2 Å². The third kappa shape index (κ3) is 4.49. The van der Waals surface area contributed by atoms with Crippen molar-refractivity contribution in [2.24, 2.45) is 0 Å².